The Hall–Kier alpha value is -1.34. The third kappa shape index (κ3) is 10.4. The Kier molecular flexibility index (Phi) is 12.1. The van der Waals surface area contributed by atoms with Crippen molar-refractivity contribution in [2.45, 2.75) is 38.5 Å². The van der Waals surface area contributed by atoms with Gasteiger partial charge in [0.2, 0.25) is 5.91 Å². The molecule has 1 aliphatic carbocycles. The van der Waals surface area contributed by atoms with E-state index in [-0.39, 0.29) is 5.91 Å². The minimum Gasteiger partial charge on any atom is -0.382 e. The molecular formula is C17H34N4O3. The van der Waals surface area contributed by atoms with E-state index in [1.807, 2.05) is 0 Å². The molecule has 0 heterocycles. The summed E-state index contributed by atoms with van der Waals surface area (Å²) in [6, 6.07) is 0. The molecule has 7 heteroatoms. The molecule has 0 bridgehead atoms. The van der Waals surface area contributed by atoms with Crippen molar-refractivity contribution in [3.8, 4) is 0 Å². The summed E-state index contributed by atoms with van der Waals surface area (Å²) < 4.78 is 10.3. The van der Waals surface area contributed by atoms with Gasteiger partial charge in [0.15, 0.2) is 5.96 Å². The van der Waals surface area contributed by atoms with E-state index in [9.17, 15) is 4.79 Å². The van der Waals surface area contributed by atoms with Crippen LogP contribution in [0.15, 0.2) is 4.99 Å². The zero-order chi connectivity index (χ0) is 17.5. The summed E-state index contributed by atoms with van der Waals surface area (Å²) in [4.78, 5) is 16.0. The summed E-state index contributed by atoms with van der Waals surface area (Å²) in [5, 5.41) is 9.38. The molecule has 0 unspecified atom stereocenters. The predicted molar refractivity (Wildman–Crippen MR) is 96.3 cm³/mol. The standard InChI is InChI=1S/C17H34N4O3/c1-18-17(20-8-5-11-24-13-12-23-2)21-10-9-19-16(22)14-15-6-3-4-7-15/h15H,3-14H2,1-2H3,(H,19,22)(H2,18,20,21). The Morgan fingerprint density at radius 1 is 1.04 bits per heavy atom. The van der Waals surface area contributed by atoms with Gasteiger partial charge in [0.1, 0.15) is 0 Å². The minimum absolute atomic E-state index is 0.167. The van der Waals surface area contributed by atoms with Crippen LogP contribution in [0.25, 0.3) is 0 Å². The molecule has 24 heavy (non-hydrogen) atoms. The van der Waals surface area contributed by atoms with Crippen molar-refractivity contribution in [2.75, 3.05) is 53.6 Å². The summed E-state index contributed by atoms with van der Waals surface area (Å²) >= 11 is 0. The van der Waals surface area contributed by atoms with Crippen molar-refractivity contribution in [3.05, 3.63) is 0 Å². The fourth-order valence-electron chi connectivity index (χ4n) is 2.78. The maximum absolute atomic E-state index is 11.8. The molecule has 0 radical (unpaired) electrons. The van der Waals surface area contributed by atoms with Crippen molar-refractivity contribution in [1.29, 1.82) is 0 Å². The molecule has 1 aliphatic rings. The molecule has 0 spiro atoms. The third-order valence-corrected chi connectivity index (χ3v) is 4.10. The number of rotatable bonds is 12. The van der Waals surface area contributed by atoms with Crippen LogP contribution in [0.4, 0.5) is 0 Å². The smallest absolute Gasteiger partial charge is 0.220 e. The Labute approximate surface area is 146 Å². The number of guanidine groups is 1. The number of hydrogen-bond donors (Lipinski definition) is 3. The number of methoxy groups -OCH3 is 1. The number of carbonyl (C=O) groups excluding carboxylic acids is 1. The second-order valence-corrected chi connectivity index (χ2v) is 6.09. The molecule has 1 fully saturated rings. The first kappa shape index (κ1) is 20.7. The van der Waals surface area contributed by atoms with Gasteiger partial charge in [-0.15, -0.1) is 0 Å². The minimum atomic E-state index is 0.167. The second-order valence-electron chi connectivity index (χ2n) is 6.09. The topological polar surface area (TPSA) is 84.0 Å². The first-order valence-electron chi connectivity index (χ1n) is 9.04. The first-order chi connectivity index (χ1) is 11.8. The largest absolute Gasteiger partial charge is 0.382 e. The van der Waals surface area contributed by atoms with E-state index in [4.69, 9.17) is 9.47 Å². The van der Waals surface area contributed by atoms with Crippen LogP contribution in [0.2, 0.25) is 0 Å². The number of hydrogen-bond acceptors (Lipinski definition) is 4. The monoisotopic (exact) mass is 342 g/mol. The maximum atomic E-state index is 11.8. The van der Waals surface area contributed by atoms with Crippen LogP contribution in [-0.2, 0) is 14.3 Å². The van der Waals surface area contributed by atoms with Gasteiger partial charge in [0.25, 0.3) is 0 Å². The molecule has 0 aromatic carbocycles. The number of nitrogens with zero attached hydrogens (tertiary/aromatic N) is 1. The Morgan fingerprint density at radius 3 is 2.46 bits per heavy atom. The lowest BCUT2D eigenvalue weighted by Gasteiger charge is -2.13. The average Bonchev–Trinajstić information content (AvgIpc) is 3.08. The third-order valence-electron chi connectivity index (χ3n) is 4.10. The highest BCUT2D eigenvalue weighted by Crippen LogP contribution is 2.27. The fraction of sp³-hybridized carbons (Fsp3) is 0.882. The molecule has 3 N–H and O–H groups in total. The van der Waals surface area contributed by atoms with E-state index in [0.717, 1.165) is 18.9 Å². The number of carbonyl (C=O) groups is 1. The van der Waals surface area contributed by atoms with E-state index in [1.165, 1.54) is 25.7 Å². The number of aliphatic imine (C=N–C) groups is 1. The first-order valence-corrected chi connectivity index (χ1v) is 9.04. The van der Waals surface area contributed by atoms with Crippen LogP contribution in [0.3, 0.4) is 0 Å². The lowest BCUT2D eigenvalue weighted by Crippen LogP contribution is -2.42. The molecule has 0 saturated heterocycles. The molecule has 0 atom stereocenters. The Bertz CT molecular complexity index is 358. The van der Waals surface area contributed by atoms with Crippen molar-refractivity contribution in [3.63, 3.8) is 0 Å². The summed E-state index contributed by atoms with van der Waals surface area (Å²) in [6.07, 6.45) is 6.55. The average molecular weight is 342 g/mol. The van der Waals surface area contributed by atoms with Crippen LogP contribution in [0.1, 0.15) is 38.5 Å². The lowest BCUT2D eigenvalue weighted by molar-refractivity contribution is -0.121. The summed E-state index contributed by atoms with van der Waals surface area (Å²) in [5.74, 6) is 1.51. The maximum Gasteiger partial charge on any atom is 0.220 e. The highest BCUT2D eigenvalue weighted by Gasteiger charge is 2.17. The quantitative estimate of drug-likeness (QED) is 0.279. The van der Waals surface area contributed by atoms with Crippen molar-refractivity contribution >= 4 is 11.9 Å². The second kappa shape index (κ2) is 14.0. The van der Waals surface area contributed by atoms with Crippen LogP contribution < -0.4 is 16.0 Å². The van der Waals surface area contributed by atoms with Gasteiger partial charge in [0.05, 0.1) is 13.2 Å². The zero-order valence-electron chi connectivity index (χ0n) is 15.2. The highest BCUT2D eigenvalue weighted by atomic mass is 16.5. The van der Waals surface area contributed by atoms with Gasteiger partial charge >= 0.3 is 0 Å². The van der Waals surface area contributed by atoms with Crippen molar-refractivity contribution < 1.29 is 14.3 Å². The van der Waals surface area contributed by atoms with Gasteiger partial charge in [-0.25, -0.2) is 0 Å². The van der Waals surface area contributed by atoms with E-state index >= 15 is 0 Å². The fourth-order valence-corrected chi connectivity index (χ4v) is 2.78. The van der Waals surface area contributed by atoms with Crippen LogP contribution in [-0.4, -0.2) is 65.5 Å². The molecule has 7 nitrogen and oxygen atoms in total. The molecule has 1 saturated carbocycles. The molecule has 1 amide bonds. The van der Waals surface area contributed by atoms with Crippen LogP contribution in [0, 0.1) is 5.92 Å². The Morgan fingerprint density at radius 2 is 1.75 bits per heavy atom. The normalized spacial score (nSPS) is 15.5. The molecule has 1 rings (SSSR count). The summed E-state index contributed by atoms with van der Waals surface area (Å²) in [7, 11) is 3.40. The molecular weight excluding hydrogens is 308 g/mol. The molecule has 0 aliphatic heterocycles. The summed E-state index contributed by atoms with van der Waals surface area (Å²) in [6.45, 7) is 4.03. The molecule has 0 aromatic rings. The highest BCUT2D eigenvalue weighted by molar-refractivity contribution is 5.79. The van der Waals surface area contributed by atoms with Gasteiger partial charge in [-0.2, -0.15) is 0 Å². The van der Waals surface area contributed by atoms with Crippen LogP contribution in [0.5, 0.6) is 0 Å². The van der Waals surface area contributed by atoms with E-state index < -0.39 is 0 Å². The number of nitrogens with one attached hydrogen (secondary N) is 3. The van der Waals surface area contributed by atoms with Crippen LogP contribution >= 0.6 is 0 Å². The van der Waals surface area contributed by atoms with Gasteiger partial charge in [-0.1, -0.05) is 12.8 Å². The SMILES string of the molecule is CN=C(NCCCOCCOC)NCCNC(=O)CC1CCCC1. The number of amides is 1. The predicted octanol–water partition coefficient (Wildman–Crippen LogP) is 0.901. The van der Waals surface area contributed by atoms with E-state index in [0.29, 0.717) is 45.2 Å². The zero-order valence-corrected chi connectivity index (χ0v) is 15.2. The molecule has 140 valence electrons. The van der Waals surface area contributed by atoms with Crippen molar-refractivity contribution in [1.82, 2.24) is 16.0 Å². The molecule has 0 aromatic heterocycles. The number of ether oxygens (including phenoxy) is 2. The van der Waals surface area contributed by atoms with Gasteiger partial charge in [0, 0.05) is 46.8 Å². The van der Waals surface area contributed by atoms with E-state index in [2.05, 4.69) is 20.9 Å². The van der Waals surface area contributed by atoms with Gasteiger partial charge < -0.3 is 25.4 Å². The lowest BCUT2D eigenvalue weighted by atomic mass is 10.0. The van der Waals surface area contributed by atoms with Gasteiger partial charge in [-0.3, -0.25) is 9.79 Å². The van der Waals surface area contributed by atoms with Crippen molar-refractivity contribution in [2.24, 2.45) is 10.9 Å². The Balaban J connectivity index is 1.96. The van der Waals surface area contributed by atoms with E-state index in [1.54, 1.807) is 14.2 Å². The summed E-state index contributed by atoms with van der Waals surface area (Å²) in [5.41, 5.74) is 0. The van der Waals surface area contributed by atoms with Gasteiger partial charge in [-0.05, 0) is 25.2 Å².